The number of carbonyl (C=O) groups is 1. The van der Waals surface area contributed by atoms with E-state index >= 15 is 0 Å². The molecule has 0 spiro atoms. The zero-order valence-corrected chi connectivity index (χ0v) is 17.1. The first kappa shape index (κ1) is 22.8. The van der Waals surface area contributed by atoms with Gasteiger partial charge in [0.05, 0.1) is 17.5 Å². The normalized spacial score (nSPS) is 16.1. The average Bonchev–Trinajstić information content (AvgIpc) is 2.95. The molecule has 0 radical (unpaired) electrons. The Bertz CT molecular complexity index is 1050. The van der Waals surface area contributed by atoms with Crippen LogP contribution in [0.25, 0.3) is 15.9 Å². The Morgan fingerprint density at radius 3 is 2.48 bits per heavy atom. The number of alkyl halides is 5. The lowest BCUT2D eigenvalue weighted by Crippen LogP contribution is -2.39. The highest BCUT2D eigenvalue weighted by Gasteiger charge is 2.48. The van der Waals surface area contributed by atoms with Gasteiger partial charge in [0.15, 0.2) is 5.69 Å². The Morgan fingerprint density at radius 2 is 2.00 bits per heavy atom. The van der Waals surface area contributed by atoms with E-state index in [-0.39, 0.29) is 28.4 Å². The van der Waals surface area contributed by atoms with Crippen molar-refractivity contribution in [1.29, 1.82) is 0 Å². The quantitative estimate of drug-likeness (QED) is 0.439. The number of anilines is 1. The maximum absolute atomic E-state index is 13.2. The van der Waals surface area contributed by atoms with Crippen LogP contribution in [0.5, 0.6) is 5.75 Å². The lowest BCUT2D eigenvalue weighted by Gasteiger charge is -2.41. The molecule has 0 saturated heterocycles. The fourth-order valence-corrected chi connectivity index (χ4v) is 3.60. The first-order valence-electron chi connectivity index (χ1n) is 9.53. The standard InChI is InChI=1S/C20H21F5N4O2/c1-18(2,20(23,24)25)10-14(30)27-17-28-15-12(29(17)19(3)6-5-7-19)8-11(26-4)9-13(15)31-16(21)22/h8-9,16H,5-7,10H2,1-3H3,(H,27,28,30). The Kier molecular flexibility index (Phi) is 5.63. The first-order valence-corrected chi connectivity index (χ1v) is 9.53. The molecule has 1 aromatic carbocycles. The number of rotatable bonds is 6. The van der Waals surface area contributed by atoms with E-state index in [1.807, 2.05) is 6.92 Å². The number of benzene rings is 1. The summed E-state index contributed by atoms with van der Waals surface area (Å²) in [5, 5.41) is 2.41. The molecule has 0 aliphatic heterocycles. The highest BCUT2D eigenvalue weighted by Crippen LogP contribution is 2.46. The Labute approximate surface area is 175 Å². The second-order valence-electron chi connectivity index (χ2n) is 8.53. The van der Waals surface area contributed by atoms with Gasteiger partial charge in [0.2, 0.25) is 11.9 Å². The summed E-state index contributed by atoms with van der Waals surface area (Å²) in [5.74, 6) is -1.32. The van der Waals surface area contributed by atoms with E-state index in [0.29, 0.717) is 12.8 Å². The number of amides is 1. The average molecular weight is 444 g/mol. The van der Waals surface area contributed by atoms with E-state index in [1.165, 1.54) is 6.07 Å². The maximum atomic E-state index is 13.2. The highest BCUT2D eigenvalue weighted by molar-refractivity contribution is 5.94. The van der Waals surface area contributed by atoms with E-state index in [2.05, 4.69) is 19.9 Å². The van der Waals surface area contributed by atoms with Gasteiger partial charge >= 0.3 is 12.8 Å². The van der Waals surface area contributed by atoms with Crippen molar-refractivity contribution < 1.29 is 31.5 Å². The topological polar surface area (TPSA) is 60.5 Å². The summed E-state index contributed by atoms with van der Waals surface area (Å²) in [6.45, 7) is 7.77. The first-order chi connectivity index (χ1) is 14.3. The van der Waals surface area contributed by atoms with Gasteiger partial charge in [-0.1, -0.05) is 13.8 Å². The molecule has 1 aliphatic rings. The van der Waals surface area contributed by atoms with Gasteiger partial charge in [-0.25, -0.2) is 9.83 Å². The molecule has 1 fully saturated rings. The lowest BCUT2D eigenvalue weighted by atomic mass is 9.78. The van der Waals surface area contributed by atoms with E-state index in [4.69, 9.17) is 6.57 Å². The van der Waals surface area contributed by atoms with Gasteiger partial charge in [0.1, 0.15) is 11.3 Å². The fourth-order valence-electron chi connectivity index (χ4n) is 3.60. The second kappa shape index (κ2) is 7.66. The van der Waals surface area contributed by atoms with E-state index in [9.17, 15) is 26.7 Å². The van der Waals surface area contributed by atoms with Crippen molar-refractivity contribution in [3.8, 4) is 5.75 Å². The molecule has 1 N–H and O–H groups in total. The van der Waals surface area contributed by atoms with Crippen LogP contribution in [0.15, 0.2) is 12.1 Å². The number of imidazole rings is 1. The van der Waals surface area contributed by atoms with Crippen molar-refractivity contribution >= 4 is 28.6 Å². The van der Waals surface area contributed by atoms with Crippen LogP contribution < -0.4 is 10.1 Å². The molecule has 0 atom stereocenters. The number of halogens is 5. The number of nitrogens with zero attached hydrogens (tertiary/aromatic N) is 3. The zero-order chi connectivity index (χ0) is 23.2. The third kappa shape index (κ3) is 4.29. The van der Waals surface area contributed by atoms with Gasteiger partial charge in [-0.2, -0.15) is 22.0 Å². The van der Waals surface area contributed by atoms with Gasteiger partial charge in [0, 0.05) is 12.0 Å². The second-order valence-corrected chi connectivity index (χ2v) is 8.53. The molecule has 1 heterocycles. The third-order valence-corrected chi connectivity index (χ3v) is 5.65. The van der Waals surface area contributed by atoms with Crippen molar-refractivity contribution in [3.05, 3.63) is 23.5 Å². The molecule has 1 amide bonds. The minimum atomic E-state index is -4.59. The Hall–Kier alpha value is -2.90. The van der Waals surface area contributed by atoms with E-state index in [0.717, 1.165) is 26.3 Å². The highest BCUT2D eigenvalue weighted by atomic mass is 19.4. The largest absolute Gasteiger partial charge is 0.434 e. The van der Waals surface area contributed by atoms with Crippen molar-refractivity contribution in [2.45, 2.75) is 64.8 Å². The molecule has 31 heavy (non-hydrogen) atoms. The zero-order valence-electron chi connectivity index (χ0n) is 17.1. The van der Waals surface area contributed by atoms with Crippen molar-refractivity contribution in [3.63, 3.8) is 0 Å². The van der Waals surface area contributed by atoms with Crippen LogP contribution in [-0.4, -0.2) is 28.2 Å². The van der Waals surface area contributed by atoms with Crippen LogP contribution in [0.4, 0.5) is 33.6 Å². The van der Waals surface area contributed by atoms with Crippen LogP contribution in [0.1, 0.15) is 46.5 Å². The number of aromatic nitrogens is 2. The fraction of sp³-hybridized carbons (Fsp3) is 0.550. The molecule has 11 heteroatoms. The van der Waals surface area contributed by atoms with Gasteiger partial charge in [-0.15, -0.1) is 0 Å². The molecule has 0 unspecified atom stereocenters. The summed E-state index contributed by atoms with van der Waals surface area (Å²) in [5.41, 5.74) is -2.50. The summed E-state index contributed by atoms with van der Waals surface area (Å²) in [7, 11) is 0. The predicted molar refractivity (Wildman–Crippen MR) is 103 cm³/mol. The SMILES string of the molecule is [C-]#[N+]c1cc(OC(F)F)c2nc(NC(=O)CC(C)(C)C(F)(F)F)n(C3(C)CCC3)c2c1. The van der Waals surface area contributed by atoms with Gasteiger partial charge < -0.3 is 9.30 Å². The number of carbonyl (C=O) groups excluding carboxylic acids is 1. The van der Waals surface area contributed by atoms with Crippen LogP contribution in [0.3, 0.4) is 0 Å². The van der Waals surface area contributed by atoms with Crippen LogP contribution in [0, 0.1) is 12.0 Å². The van der Waals surface area contributed by atoms with Crippen LogP contribution in [-0.2, 0) is 10.3 Å². The third-order valence-electron chi connectivity index (χ3n) is 5.65. The Balaban J connectivity index is 2.09. The molecule has 6 nitrogen and oxygen atoms in total. The predicted octanol–water partition coefficient (Wildman–Crippen LogP) is 6.00. The molecule has 168 valence electrons. The van der Waals surface area contributed by atoms with E-state index in [1.54, 1.807) is 4.57 Å². The van der Waals surface area contributed by atoms with Crippen LogP contribution in [0.2, 0.25) is 0 Å². The molecular weight excluding hydrogens is 423 g/mol. The Morgan fingerprint density at radius 1 is 1.35 bits per heavy atom. The molecule has 0 bridgehead atoms. The summed E-state index contributed by atoms with van der Waals surface area (Å²) in [6, 6.07) is 2.55. The molecule has 1 aliphatic carbocycles. The van der Waals surface area contributed by atoms with Crippen molar-refractivity contribution in [2.24, 2.45) is 5.41 Å². The number of nitrogens with one attached hydrogen (secondary N) is 1. The summed E-state index contributed by atoms with van der Waals surface area (Å²) in [6.07, 6.45) is -3.20. The number of ether oxygens (including phenoxy) is 1. The minimum absolute atomic E-state index is 0.00814. The molecule has 3 rings (SSSR count). The number of fused-ring (bicyclic) bond motifs is 1. The van der Waals surface area contributed by atoms with E-state index < -0.39 is 36.1 Å². The maximum Gasteiger partial charge on any atom is 0.394 e. The smallest absolute Gasteiger partial charge is 0.394 e. The molecule has 1 aromatic heterocycles. The summed E-state index contributed by atoms with van der Waals surface area (Å²) < 4.78 is 71.4. The van der Waals surface area contributed by atoms with Gasteiger partial charge in [-0.3, -0.25) is 10.1 Å². The van der Waals surface area contributed by atoms with Gasteiger partial charge in [-0.05, 0) is 38.3 Å². The number of hydrogen-bond donors (Lipinski definition) is 1. The van der Waals surface area contributed by atoms with Crippen LogP contribution >= 0.6 is 0 Å². The number of hydrogen-bond acceptors (Lipinski definition) is 3. The van der Waals surface area contributed by atoms with Crippen molar-refractivity contribution in [1.82, 2.24) is 9.55 Å². The summed E-state index contributed by atoms with van der Waals surface area (Å²) in [4.78, 5) is 19.9. The van der Waals surface area contributed by atoms with Gasteiger partial charge in [0.25, 0.3) is 0 Å². The molecule has 1 saturated carbocycles. The summed E-state index contributed by atoms with van der Waals surface area (Å²) >= 11 is 0. The lowest BCUT2D eigenvalue weighted by molar-refractivity contribution is -0.213. The molecular formula is C20H21F5N4O2. The minimum Gasteiger partial charge on any atom is -0.434 e. The monoisotopic (exact) mass is 444 g/mol. The molecule has 2 aromatic rings. The van der Waals surface area contributed by atoms with Crippen molar-refractivity contribution in [2.75, 3.05) is 5.32 Å².